The minimum atomic E-state index is -0.269. The van der Waals surface area contributed by atoms with Crippen LogP contribution in [0.15, 0.2) is 60.7 Å². The van der Waals surface area contributed by atoms with Crippen LogP contribution in [0.1, 0.15) is 23.6 Å². The maximum absolute atomic E-state index is 12.4. The molecule has 5 heteroatoms. The summed E-state index contributed by atoms with van der Waals surface area (Å²) < 4.78 is 5.22. The quantitative estimate of drug-likeness (QED) is 0.481. The number of benzene rings is 2. The number of hydrogen-bond acceptors (Lipinski definition) is 3. The molecule has 0 aliphatic carbocycles. The Hall–Kier alpha value is -1.88. The molecule has 23 heavy (non-hydrogen) atoms. The van der Waals surface area contributed by atoms with Gasteiger partial charge in [0.2, 0.25) is 5.91 Å². The lowest BCUT2D eigenvalue weighted by molar-refractivity contribution is -0.135. The van der Waals surface area contributed by atoms with Gasteiger partial charge in [-0.2, -0.15) is 0 Å². The zero-order valence-corrected chi connectivity index (χ0v) is 14.0. The molecule has 2 aromatic carbocycles. The summed E-state index contributed by atoms with van der Waals surface area (Å²) in [7, 11) is 1.61. The molecule has 4 nitrogen and oxygen atoms in total. The summed E-state index contributed by atoms with van der Waals surface area (Å²) in [5.74, 6) is 5.96. The fourth-order valence-electron chi connectivity index (χ4n) is 2.37. The van der Waals surface area contributed by atoms with E-state index in [1.807, 2.05) is 60.7 Å². The topological polar surface area (TPSA) is 55.6 Å². The van der Waals surface area contributed by atoms with Crippen LogP contribution in [0.4, 0.5) is 0 Å². The van der Waals surface area contributed by atoms with E-state index < -0.39 is 0 Å². The summed E-state index contributed by atoms with van der Waals surface area (Å²) in [6.07, 6.45) is 1.06. The van der Waals surface area contributed by atoms with Crippen LogP contribution < -0.4 is 5.84 Å². The summed E-state index contributed by atoms with van der Waals surface area (Å²) in [5, 5.41) is 1.29. The molecule has 0 aliphatic rings. The van der Waals surface area contributed by atoms with Gasteiger partial charge in [0.1, 0.15) is 0 Å². The lowest BCUT2D eigenvalue weighted by Crippen LogP contribution is -2.42. The molecule has 0 fully saturated rings. The highest BCUT2D eigenvalue weighted by atomic mass is 35.5. The van der Waals surface area contributed by atoms with Crippen molar-refractivity contribution >= 4 is 18.3 Å². The number of aryl methyl sites for hydroxylation is 1. The van der Waals surface area contributed by atoms with E-state index in [1.165, 1.54) is 5.01 Å². The van der Waals surface area contributed by atoms with E-state index in [0.717, 1.165) is 11.1 Å². The Labute approximate surface area is 143 Å². The van der Waals surface area contributed by atoms with Crippen LogP contribution in [0.2, 0.25) is 0 Å². The number of carbonyl (C=O) groups excluding carboxylic acids is 1. The van der Waals surface area contributed by atoms with Gasteiger partial charge in [0.05, 0.1) is 12.6 Å². The Bertz CT molecular complexity index is 578. The van der Waals surface area contributed by atoms with Crippen molar-refractivity contribution < 1.29 is 9.53 Å². The average Bonchev–Trinajstić information content (AvgIpc) is 2.58. The zero-order valence-electron chi connectivity index (χ0n) is 13.2. The van der Waals surface area contributed by atoms with Crippen molar-refractivity contribution in [1.82, 2.24) is 5.01 Å². The largest absolute Gasteiger partial charge is 0.382 e. The highest BCUT2D eigenvalue weighted by molar-refractivity contribution is 5.85. The van der Waals surface area contributed by atoms with Gasteiger partial charge in [0.25, 0.3) is 0 Å². The average molecular weight is 335 g/mol. The van der Waals surface area contributed by atoms with Crippen LogP contribution in [0.3, 0.4) is 0 Å². The van der Waals surface area contributed by atoms with E-state index >= 15 is 0 Å². The number of hydrazine groups is 1. The first kappa shape index (κ1) is 19.2. The molecule has 0 spiro atoms. The maximum Gasteiger partial charge on any atom is 0.237 e. The standard InChI is InChI=1S/C18H22N2O2.ClH/c1-22-14-17(16-10-6-3-7-11-16)20(19)18(21)13-12-15-8-4-2-5-9-15;/h2-11,17H,12-14,19H2,1H3;1H. The molecule has 0 heterocycles. The predicted octanol–water partition coefficient (Wildman–Crippen LogP) is 3.13. The molecule has 0 aliphatic heterocycles. The molecule has 0 radical (unpaired) electrons. The monoisotopic (exact) mass is 334 g/mol. The normalized spacial score (nSPS) is 11.4. The number of nitrogens with zero attached hydrogens (tertiary/aromatic N) is 1. The number of hydrogen-bond donors (Lipinski definition) is 1. The Morgan fingerprint density at radius 2 is 1.65 bits per heavy atom. The summed E-state index contributed by atoms with van der Waals surface area (Å²) in [6, 6.07) is 19.4. The number of amides is 1. The van der Waals surface area contributed by atoms with Gasteiger partial charge in [-0.25, -0.2) is 5.84 Å². The molecule has 2 rings (SSSR count). The van der Waals surface area contributed by atoms with Crippen LogP contribution in [0.5, 0.6) is 0 Å². The third-order valence-electron chi connectivity index (χ3n) is 3.60. The molecule has 2 aromatic rings. The van der Waals surface area contributed by atoms with Crippen molar-refractivity contribution in [3.63, 3.8) is 0 Å². The van der Waals surface area contributed by atoms with Crippen LogP contribution in [0.25, 0.3) is 0 Å². The number of halogens is 1. The second-order valence-corrected chi connectivity index (χ2v) is 5.17. The molecule has 0 saturated carbocycles. The number of methoxy groups -OCH3 is 1. The van der Waals surface area contributed by atoms with Gasteiger partial charge >= 0.3 is 0 Å². The number of nitrogens with two attached hydrogens (primary N) is 1. The van der Waals surface area contributed by atoms with Crippen molar-refractivity contribution in [2.75, 3.05) is 13.7 Å². The summed E-state index contributed by atoms with van der Waals surface area (Å²) in [4.78, 5) is 12.4. The van der Waals surface area contributed by atoms with Gasteiger partial charge in [-0.05, 0) is 17.5 Å². The van der Waals surface area contributed by atoms with Crippen LogP contribution in [0, 0.1) is 0 Å². The van der Waals surface area contributed by atoms with Gasteiger partial charge in [0, 0.05) is 13.5 Å². The second-order valence-electron chi connectivity index (χ2n) is 5.17. The van der Waals surface area contributed by atoms with Crippen molar-refractivity contribution in [2.24, 2.45) is 5.84 Å². The maximum atomic E-state index is 12.4. The van der Waals surface area contributed by atoms with E-state index in [4.69, 9.17) is 10.6 Å². The molecular weight excluding hydrogens is 312 g/mol. The Balaban J connectivity index is 0.00000264. The molecule has 0 saturated heterocycles. The highest BCUT2D eigenvalue weighted by Gasteiger charge is 2.22. The molecule has 124 valence electrons. The number of rotatable bonds is 7. The molecule has 1 unspecified atom stereocenters. The van der Waals surface area contributed by atoms with Gasteiger partial charge in [-0.15, -0.1) is 12.4 Å². The molecular formula is C18H23ClN2O2. The van der Waals surface area contributed by atoms with Crippen molar-refractivity contribution in [3.8, 4) is 0 Å². The minimum absolute atomic E-state index is 0. The number of ether oxygens (including phenoxy) is 1. The van der Waals surface area contributed by atoms with E-state index in [1.54, 1.807) is 7.11 Å². The second kappa shape index (κ2) is 10.0. The van der Waals surface area contributed by atoms with Gasteiger partial charge in [0.15, 0.2) is 0 Å². The fraction of sp³-hybridized carbons (Fsp3) is 0.278. The smallest absolute Gasteiger partial charge is 0.237 e. The summed E-state index contributed by atoms with van der Waals surface area (Å²) in [6.45, 7) is 0.373. The number of carbonyl (C=O) groups is 1. The fourth-order valence-corrected chi connectivity index (χ4v) is 2.37. The minimum Gasteiger partial charge on any atom is -0.382 e. The van der Waals surface area contributed by atoms with Gasteiger partial charge < -0.3 is 4.74 Å². The zero-order chi connectivity index (χ0) is 15.8. The summed E-state index contributed by atoms with van der Waals surface area (Å²) in [5.41, 5.74) is 2.10. The molecule has 1 atom stereocenters. The van der Waals surface area contributed by atoms with Crippen LogP contribution in [-0.2, 0) is 16.0 Å². The third-order valence-corrected chi connectivity index (χ3v) is 3.60. The van der Waals surface area contributed by atoms with Crippen molar-refractivity contribution in [1.29, 1.82) is 0 Å². The molecule has 2 N–H and O–H groups in total. The third kappa shape index (κ3) is 5.67. The lowest BCUT2D eigenvalue weighted by atomic mass is 10.1. The Morgan fingerprint density at radius 3 is 2.22 bits per heavy atom. The first-order valence-corrected chi connectivity index (χ1v) is 7.37. The van der Waals surface area contributed by atoms with Crippen LogP contribution >= 0.6 is 12.4 Å². The van der Waals surface area contributed by atoms with Crippen molar-refractivity contribution in [3.05, 3.63) is 71.8 Å². The lowest BCUT2D eigenvalue weighted by Gasteiger charge is -2.27. The Kier molecular flexibility index (Phi) is 8.33. The molecule has 1 amide bonds. The van der Waals surface area contributed by atoms with Crippen LogP contribution in [-0.4, -0.2) is 24.6 Å². The van der Waals surface area contributed by atoms with Crippen molar-refractivity contribution in [2.45, 2.75) is 18.9 Å². The Morgan fingerprint density at radius 1 is 1.09 bits per heavy atom. The van der Waals surface area contributed by atoms with Gasteiger partial charge in [-0.3, -0.25) is 9.80 Å². The molecule has 0 aromatic heterocycles. The van der Waals surface area contributed by atoms with E-state index in [0.29, 0.717) is 19.4 Å². The van der Waals surface area contributed by atoms with E-state index in [9.17, 15) is 4.79 Å². The SMILES string of the molecule is COCC(c1ccccc1)N(N)C(=O)CCc1ccccc1.Cl. The van der Waals surface area contributed by atoms with E-state index in [2.05, 4.69) is 0 Å². The first-order valence-electron chi connectivity index (χ1n) is 7.37. The molecule has 0 bridgehead atoms. The highest BCUT2D eigenvalue weighted by Crippen LogP contribution is 2.19. The summed E-state index contributed by atoms with van der Waals surface area (Å²) >= 11 is 0. The first-order chi connectivity index (χ1) is 10.7. The van der Waals surface area contributed by atoms with E-state index in [-0.39, 0.29) is 24.4 Å². The van der Waals surface area contributed by atoms with Gasteiger partial charge in [-0.1, -0.05) is 60.7 Å². The predicted molar refractivity (Wildman–Crippen MR) is 94.1 cm³/mol.